The molecule has 0 saturated heterocycles. The number of hydrogen-bond acceptors (Lipinski definition) is 6. The molecule has 0 saturated carbocycles. The number of hydrogen-bond donors (Lipinski definition) is 5. The third-order valence-electron chi connectivity index (χ3n) is 6.53. The van der Waals surface area contributed by atoms with Crippen molar-refractivity contribution in [1.29, 1.82) is 0 Å². The number of nitrogens with zero attached hydrogens (tertiary/aromatic N) is 1. The van der Waals surface area contributed by atoms with Crippen molar-refractivity contribution in [1.82, 2.24) is 16.0 Å². The monoisotopic (exact) mass is 579 g/mol. The molecule has 0 radical (unpaired) electrons. The Kier molecular flexibility index (Phi) is 9.64. The molecule has 1 aliphatic heterocycles. The van der Waals surface area contributed by atoms with E-state index in [9.17, 15) is 18.8 Å². The second-order valence-electron chi connectivity index (χ2n) is 10.3. The third kappa shape index (κ3) is 7.63. The molecule has 0 bridgehead atoms. The van der Waals surface area contributed by atoms with E-state index in [1.54, 1.807) is 24.8 Å². The van der Waals surface area contributed by atoms with Gasteiger partial charge in [-0.05, 0) is 54.3 Å². The second kappa shape index (κ2) is 13.2. The van der Waals surface area contributed by atoms with Crippen molar-refractivity contribution in [3.8, 4) is 11.1 Å². The standard InChI is InChI=1S/C30H34FN5O4S/c1-30(2,32)28(39)35-24-18-41-26-15-22(31)11-12-25(26)36(27(24)38)17-19-7-9-20(10-8-19)23-6-4-3-5-21(23)16-34-29(40)33-13-14-37/h3-12,15,24,37H,13-14,16-18,32H2,1-2H3,(H,35,39)(H2,33,34,40)/t24-/m1/s1. The Morgan fingerprint density at radius 1 is 1.10 bits per heavy atom. The van der Waals surface area contributed by atoms with Crippen LogP contribution in [0.4, 0.5) is 14.9 Å². The van der Waals surface area contributed by atoms with Gasteiger partial charge < -0.3 is 31.7 Å². The van der Waals surface area contributed by atoms with E-state index < -0.39 is 23.3 Å². The highest BCUT2D eigenvalue weighted by Crippen LogP contribution is 2.36. The van der Waals surface area contributed by atoms with E-state index in [1.165, 1.54) is 23.9 Å². The Hall–Kier alpha value is -3.93. The molecule has 1 aliphatic rings. The van der Waals surface area contributed by atoms with Gasteiger partial charge in [-0.15, -0.1) is 11.8 Å². The van der Waals surface area contributed by atoms with Crippen molar-refractivity contribution in [2.45, 2.75) is 43.4 Å². The average Bonchev–Trinajstić information content (AvgIpc) is 3.07. The molecule has 3 aromatic carbocycles. The summed E-state index contributed by atoms with van der Waals surface area (Å²) in [6, 6.07) is 18.5. The predicted molar refractivity (Wildman–Crippen MR) is 158 cm³/mol. The molecule has 0 spiro atoms. The number of carbonyl (C=O) groups is 3. The Balaban J connectivity index is 1.56. The Morgan fingerprint density at radius 2 is 1.83 bits per heavy atom. The molecule has 9 nitrogen and oxygen atoms in total. The fraction of sp³-hybridized carbons (Fsp3) is 0.300. The van der Waals surface area contributed by atoms with Crippen LogP contribution in [0.15, 0.2) is 71.6 Å². The minimum Gasteiger partial charge on any atom is -0.395 e. The fourth-order valence-electron chi connectivity index (χ4n) is 4.32. The minimum atomic E-state index is -1.16. The van der Waals surface area contributed by atoms with Crippen LogP contribution in [0.25, 0.3) is 11.1 Å². The molecule has 0 unspecified atom stereocenters. The summed E-state index contributed by atoms with van der Waals surface area (Å²) in [4.78, 5) is 40.4. The highest BCUT2D eigenvalue weighted by molar-refractivity contribution is 7.99. The molecule has 4 amide bonds. The van der Waals surface area contributed by atoms with Gasteiger partial charge in [-0.25, -0.2) is 9.18 Å². The van der Waals surface area contributed by atoms with Gasteiger partial charge in [0.25, 0.3) is 5.91 Å². The molecule has 0 fully saturated rings. The van der Waals surface area contributed by atoms with E-state index in [0.717, 1.165) is 22.3 Å². The van der Waals surface area contributed by atoms with E-state index in [2.05, 4.69) is 16.0 Å². The first-order chi connectivity index (χ1) is 19.6. The van der Waals surface area contributed by atoms with Crippen molar-refractivity contribution >= 4 is 35.3 Å². The molecule has 1 atom stereocenters. The van der Waals surface area contributed by atoms with Crippen molar-refractivity contribution in [2.24, 2.45) is 5.73 Å². The maximum atomic E-state index is 14.1. The largest absolute Gasteiger partial charge is 0.395 e. The van der Waals surface area contributed by atoms with Gasteiger partial charge in [-0.3, -0.25) is 9.59 Å². The summed E-state index contributed by atoms with van der Waals surface area (Å²) >= 11 is 1.31. The molecule has 1 heterocycles. The predicted octanol–water partition coefficient (Wildman–Crippen LogP) is 3.15. The number of rotatable bonds is 9. The van der Waals surface area contributed by atoms with Crippen LogP contribution in [0.5, 0.6) is 0 Å². The van der Waals surface area contributed by atoms with Crippen LogP contribution >= 0.6 is 11.8 Å². The van der Waals surface area contributed by atoms with Gasteiger partial charge in [0.05, 0.1) is 24.4 Å². The lowest BCUT2D eigenvalue weighted by Crippen LogP contribution is -2.56. The summed E-state index contributed by atoms with van der Waals surface area (Å²) in [7, 11) is 0. The Morgan fingerprint density at radius 3 is 2.54 bits per heavy atom. The number of amides is 4. The lowest BCUT2D eigenvalue weighted by atomic mass is 9.98. The van der Waals surface area contributed by atoms with Gasteiger partial charge in [0, 0.05) is 23.7 Å². The first-order valence-corrected chi connectivity index (χ1v) is 14.2. The summed E-state index contributed by atoms with van der Waals surface area (Å²) < 4.78 is 14.1. The first kappa shape index (κ1) is 30.0. The van der Waals surface area contributed by atoms with E-state index in [0.29, 0.717) is 17.1 Å². The molecule has 41 heavy (non-hydrogen) atoms. The zero-order valence-electron chi connectivity index (χ0n) is 22.9. The number of thioether (sulfide) groups is 1. The molecule has 0 aromatic heterocycles. The number of nitrogens with two attached hydrogens (primary N) is 1. The summed E-state index contributed by atoms with van der Waals surface area (Å²) in [5, 5.41) is 17.0. The SMILES string of the molecule is CC(C)(N)C(=O)N[C@@H]1CSc2cc(F)ccc2N(Cc2ccc(-c3ccccc3CNC(=O)NCCO)cc2)C1=O. The number of benzene rings is 3. The highest BCUT2D eigenvalue weighted by Gasteiger charge is 2.34. The van der Waals surface area contributed by atoms with Crippen molar-refractivity contribution < 1.29 is 23.9 Å². The maximum absolute atomic E-state index is 14.1. The van der Waals surface area contributed by atoms with Crippen LogP contribution < -0.4 is 26.6 Å². The van der Waals surface area contributed by atoms with Gasteiger partial charge >= 0.3 is 6.03 Å². The summed E-state index contributed by atoms with van der Waals surface area (Å²) in [5.41, 5.74) is 8.98. The normalized spacial score (nSPS) is 15.1. The molecule has 3 aromatic rings. The lowest BCUT2D eigenvalue weighted by molar-refractivity contribution is -0.129. The molecule has 11 heteroatoms. The summed E-state index contributed by atoms with van der Waals surface area (Å²) in [6.45, 7) is 3.69. The number of halogens is 1. The maximum Gasteiger partial charge on any atom is 0.315 e. The Bertz CT molecular complexity index is 1410. The van der Waals surface area contributed by atoms with Crippen LogP contribution in [0.3, 0.4) is 0 Å². The van der Waals surface area contributed by atoms with Crippen molar-refractivity contribution in [3.63, 3.8) is 0 Å². The zero-order chi connectivity index (χ0) is 29.6. The average molecular weight is 580 g/mol. The van der Waals surface area contributed by atoms with Crippen LogP contribution in [-0.4, -0.2) is 53.4 Å². The molecule has 0 aliphatic carbocycles. The molecule has 4 rings (SSSR count). The topological polar surface area (TPSA) is 137 Å². The number of nitrogens with one attached hydrogen (secondary N) is 3. The molecular formula is C30H34FN5O4S. The zero-order valence-corrected chi connectivity index (χ0v) is 23.8. The van der Waals surface area contributed by atoms with Gasteiger partial charge in [-0.1, -0.05) is 48.5 Å². The van der Waals surface area contributed by atoms with Gasteiger partial charge in [0.15, 0.2) is 0 Å². The van der Waals surface area contributed by atoms with Crippen LogP contribution in [-0.2, 0) is 22.7 Å². The smallest absolute Gasteiger partial charge is 0.315 e. The third-order valence-corrected chi connectivity index (χ3v) is 7.67. The molecule has 216 valence electrons. The highest BCUT2D eigenvalue weighted by atomic mass is 32.2. The lowest BCUT2D eigenvalue weighted by Gasteiger charge is -2.28. The van der Waals surface area contributed by atoms with Crippen LogP contribution in [0, 0.1) is 5.82 Å². The van der Waals surface area contributed by atoms with Gasteiger partial charge in [0.2, 0.25) is 5.91 Å². The van der Waals surface area contributed by atoms with Crippen molar-refractivity contribution in [2.75, 3.05) is 23.8 Å². The number of anilines is 1. The molecular weight excluding hydrogens is 545 g/mol. The number of fused-ring (bicyclic) bond motifs is 1. The fourth-order valence-corrected chi connectivity index (χ4v) is 5.42. The minimum absolute atomic E-state index is 0.137. The van der Waals surface area contributed by atoms with E-state index in [4.69, 9.17) is 10.8 Å². The van der Waals surface area contributed by atoms with Crippen molar-refractivity contribution in [3.05, 3.63) is 83.7 Å². The van der Waals surface area contributed by atoms with Crippen LogP contribution in [0.2, 0.25) is 0 Å². The second-order valence-corrected chi connectivity index (χ2v) is 11.3. The van der Waals surface area contributed by atoms with Gasteiger partial charge in [0.1, 0.15) is 11.9 Å². The first-order valence-electron chi connectivity index (χ1n) is 13.2. The number of carbonyl (C=O) groups excluding carboxylic acids is 3. The van der Waals surface area contributed by atoms with Crippen LogP contribution in [0.1, 0.15) is 25.0 Å². The van der Waals surface area contributed by atoms with E-state index >= 15 is 0 Å². The molecule has 6 N–H and O–H groups in total. The quantitative estimate of drug-likeness (QED) is 0.264. The summed E-state index contributed by atoms with van der Waals surface area (Å²) in [6.07, 6.45) is 0. The Labute approximate surface area is 242 Å². The summed E-state index contributed by atoms with van der Waals surface area (Å²) in [5.74, 6) is -0.912. The number of urea groups is 1. The number of aliphatic hydroxyl groups excluding tert-OH is 1. The number of aliphatic hydroxyl groups is 1. The van der Waals surface area contributed by atoms with E-state index in [-0.39, 0.29) is 37.4 Å². The van der Waals surface area contributed by atoms with E-state index in [1.807, 2.05) is 48.5 Å². The van der Waals surface area contributed by atoms with Gasteiger partial charge in [-0.2, -0.15) is 0 Å².